The minimum Gasteiger partial charge on any atom is -0.477 e. The van der Waals surface area contributed by atoms with Crippen molar-refractivity contribution in [2.75, 3.05) is 75.9 Å². The van der Waals surface area contributed by atoms with Gasteiger partial charge in [-0.2, -0.15) is 0 Å². The number of nitrogens with one attached hydrogen (secondary N) is 1. The van der Waals surface area contributed by atoms with E-state index in [1.807, 2.05) is 23.8 Å². The number of halogens is 2. The van der Waals surface area contributed by atoms with Gasteiger partial charge in [0.2, 0.25) is 10.9 Å². The van der Waals surface area contributed by atoms with Crippen molar-refractivity contribution in [1.82, 2.24) is 19.4 Å². The molecule has 4 heterocycles. The smallest absolute Gasteiger partial charge is 0.341 e. The third-order valence-corrected chi connectivity index (χ3v) is 10.0. The lowest BCUT2D eigenvalue weighted by Crippen LogP contribution is -2.46. The fraction of sp³-hybridized carbons (Fsp3) is 0.444. The molecule has 8 rings (SSSR count). The third kappa shape index (κ3) is 8.68. The molecule has 294 valence electrons. The van der Waals surface area contributed by atoms with Gasteiger partial charge in [-0.25, -0.2) is 13.6 Å². The lowest BCUT2D eigenvalue weighted by atomic mass is 10.1. The van der Waals surface area contributed by atoms with Crippen molar-refractivity contribution in [1.29, 1.82) is 0 Å². The first-order chi connectivity index (χ1) is 27.6. The number of hydrogen-bond acceptors (Lipinski definition) is 11. The van der Waals surface area contributed by atoms with Gasteiger partial charge in [0, 0.05) is 94.2 Å². The van der Waals surface area contributed by atoms with Crippen molar-refractivity contribution in [3.63, 3.8) is 0 Å². The zero-order valence-electron chi connectivity index (χ0n) is 31.3. The van der Waals surface area contributed by atoms with E-state index in [1.165, 1.54) is 24.5 Å². The molecule has 2 aliphatic carbocycles. The molecule has 0 unspecified atom stereocenters. The summed E-state index contributed by atoms with van der Waals surface area (Å²) in [4.78, 5) is 58.0. The summed E-state index contributed by atoms with van der Waals surface area (Å²) < 4.78 is 44.2. The number of azide groups is 2. The lowest BCUT2D eigenvalue weighted by molar-refractivity contribution is -0.120. The van der Waals surface area contributed by atoms with Gasteiger partial charge >= 0.3 is 5.97 Å². The van der Waals surface area contributed by atoms with Crippen LogP contribution in [0.25, 0.3) is 42.7 Å². The van der Waals surface area contributed by atoms with E-state index >= 15 is 0 Å². The largest absolute Gasteiger partial charge is 0.477 e. The molecule has 0 bridgehead atoms. The first kappa shape index (κ1) is 38.1. The fourth-order valence-corrected chi connectivity index (χ4v) is 6.93. The van der Waals surface area contributed by atoms with Crippen LogP contribution in [0.5, 0.6) is 5.75 Å². The van der Waals surface area contributed by atoms with Crippen LogP contribution in [0.2, 0.25) is 0 Å². The number of rotatable bonds is 9. The molecular weight excluding hydrogens is 734 g/mol. The van der Waals surface area contributed by atoms with Crippen LogP contribution in [0.4, 0.5) is 20.2 Å². The van der Waals surface area contributed by atoms with Gasteiger partial charge in [-0.15, -0.1) is 0 Å². The molecule has 0 radical (unpaired) electrons. The van der Waals surface area contributed by atoms with Crippen molar-refractivity contribution < 1.29 is 29.6 Å². The van der Waals surface area contributed by atoms with Crippen molar-refractivity contribution in [2.24, 2.45) is 10.2 Å². The van der Waals surface area contributed by atoms with Crippen LogP contribution in [0.1, 0.15) is 49.5 Å². The second kappa shape index (κ2) is 17.5. The van der Waals surface area contributed by atoms with Crippen LogP contribution < -0.4 is 30.7 Å². The number of carbonyl (C=O) groups excluding carboxylic acids is 1. The normalized spacial score (nSPS) is 17.0. The minimum atomic E-state index is -1.28. The quantitative estimate of drug-likeness (QED) is 0.101. The molecule has 0 atom stereocenters. The highest BCUT2D eigenvalue weighted by Gasteiger charge is 2.29. The van der Waals surface area contributed by atoms with Gasteiger partial charge in [-0.3, -0.25) is 19.3 Å². The zero-order chi connectivity index (χ0) is 40.6. The highest BCUT2D eigenvalue weighted by atomic mass is 19.1. The van der Waals surface area contributed by atoms with Gasteiger partial charge in [0.25, 0.3) is 6.47 Å². The third-order valence-electron chi connectivity index (χ3n) is 10.0. The van der Waals surface area contributed by atoms with Gasteiger partial charge in [0.15, 0.2) is 5.75 Å². The van der Waals surface area contributed by atoms with E-state index in [4.69, 9.17) is 17.2 Å². The molecular formula is C36H40F2N12O6. The average Bonchev–Trinajstić information content (AvgIpc) is 4.15. The Kier molecular flexibility index (Phi) is 11.9. The maximum absolute atomic E-state index is 14.9. The Hall–Kier alpha value is -6.20. The maximum atomic E-state index is 14.9. The molecule has 20 heteroatoms. The van der Waals surface area contributed by atoms with Crippen molar-refractivity contribution in [3.8, 4) is 5.75 Å². The fourth-order valence-electron chi connectivity index (χ4n) is 6.93. The number of carbonyl (C=O) groups is 2. The summed E-state index contributed by atoms with van der Waals surface area (Å²) >= 11 is 0. The first-order valence-electron chi connectivity index (χ1n) is 18.6. The number of hydrogen-bond donors (Lipinski definition) is 2. The molecule has 4 aliphatic rings. The summed E-state index contributed by atoms with van der Waals surface area (Å²) in [6.45, 7) is 5.94. The van der Waals surface area contributed by atoms with E-state index in [9.17, 15) is 33.1 Å². The summed E-state index contributed by atoms with van der Waals surface area (Å²) in [5.41, 5.74) is 16.6. The Morgan fingerprint density at radius 3 is 1.93 bits per heavy atom. The number of piperazine rings is 2. The van der Waals surface area contributed by atoms with E-state index < -0.39 is 28.5 Å². The number of anilines is 2. The summed E-state index contributed by atoms with van der Waals surface area (Å²) in [6, 6.07) is 6.24. The number of benzene rings is 2. The molecule has 18 nitrogen and oxygen atoms in total. The van der Waals surface area contributed by atoms with E-state index in [1.54, 1.807) is 12.1 Å². The zero-order valence-corrected chi connectivity index (χ0v) is 30.3. The van der Waals surface area contributed by atoms with Crippen LogP contribution in [0.3, 0.4) is 0 Å². The molecule has 4 aromatic rings. The van der Waals surface area contributed by atoms with Gasteiger partial charge in [0.05, 0.1) is 40.7 Å². The number of carboxylic acids is 1. The number of nitrogens with zero attached hydrogens (tertiary/aromatic N) is 11. The number of fused-ring (bicyclic) bond motifs is 2. The SMILES string of the molecule is O=C(O)c1cn(C2CC2)c2cc(N3CCNCC3)c(F)cc2c1=O.[2H]CN=[N+]=[N-].[N-]=[N+]=NCN1CCN(c2cc3c(cc2F)c(=O)c(OC=O)cn3C2CC2)CC1. The average molecular weight is 776 g/mol. The maximum Gasteiger partial charge on any atom is 0.341 e. The van der Waals surface area contributed by atoms with Gasteiger partial charge < -0.3 is 34.1 Å². The van der Waals surface area contributed by atoms with Gasteiger partial charge in [-0.05, 0) is 61.0 Å². The van der Waals surface area contributed by atoms with E-state index in [2.05, 4.69) is 25.4 Å². The Bertz CT molecular complexity index is 2380. The molecule has 2 N–H and O–H groups in total. The molecule has 2 saturated heterocycles. The van der Waals surface area contributed by atoms with Gasteiger partial charge in [-0.1, -0.05) is 10.2 Å². The Balaban J connectivity index is 0.000000174. The number of pyridine rings is 2. The van der Waals surface area contributed by atoms with Crippen molar-refractivity contribution in [2.45, 2.75) is 37.8 Å². The second-order valence-electron chi connectivity index (χ2n) is 13.6. The van der Waals surface area contributed by atoms with Crippen molar-refractivity contribution >= 4 is 45.6 Å². The van der Waals surface area contributed by atoms with E-state index in [0.29, 0.717) is 68.3 Å². The number of aromatic nitrogens is 2. The summed E-state index contributed by atoms with van der Waals surface area (Å²) in [7, 11) is -0.198. The van der Waals surface area contributed by atoms with Crippen LogP contribution in [-0.4, -0.2) is 97.6 Å². The second-order valence-corrected chi connectivity index (χ2v) is 13.6. The Morgan fingerprint density at radius 2 is 1.45 bits per heavy atom. The minimum absolute atomic E-state index is 0.0896. The molecule has 56 heavy (non-hydrogen) atoms. The number of ether oxygens (including phenoxy) is 1. The molecule has 0 spiro atoms. The van der Waals surface area contributed by atoms with Crippen LogP contribution in [0, 0.1) is 11.6 Å². The van der Waals surface area contributed by atoms with Crippen molar-refractivity contribution in [3.05, 3.63) is 95.2 Å². The molecule has 2 aromatic carbocycles. The van der Waals surface area contributed by atoms with Gasteiger partial charge in [0.1, 0.15) is 17.2 Å². The summed E-state index contributed by atoms with van der Waals surface area (Å²) in [6.07, 6.45) is 6.75. The Labute approximate surface area is 319 Å². The first-order valence-corrected chi connectivity index (χ1v) is 17.9. The highest BCUT2D eigenvalue weighted by Crippen LogP contribution is 2.40. The molecule has 2 saturated carbocycles. The monoisotopic (exact) mass is 775 g/mol. The van der Waals surface area contributed by atoms with E-state index in [-0.39, 0.29) is 47.7 Å². The van der Waals surface area contributed by atoms with E-state index in [0.717, 1.165) is 38.8 Å². The molecule has 4 fully saturated rings. The number of carboxylic acid groups (broad SMARTS) is 1. The topological polar surface area (TPSA) is 227 Å². The predicted octanol–water partition coefficient (Wildman–Crippen LogP) is 4.91. The predicted molar refractivity (Wildman–Crippen MR) is 204 cm³/mol. The van der Waals surface area contributed by atoms with Crippen LogP contribution >= 0.6 is 0 Å². The Morgan fingerprint density at radius 1 is 0.893 bits per heavy atom. The molecule has 2 aromatic heterocycles. The molecule has 2 aliphatic heterocycles. The van der Waals surface area contributed by atoms with Crippen LogP contribution in [-0.2, 0) is 4.79 Å². The highest BCUT2D eigenvalue weighted by molar-refractivity contribution is 5.93. The summed E-state index contributed by atoms with van der Waals surface area (Å²) in [5.74, 6) is -2.33. The molecule has 0 amide bonds. The lowest BCUT2D eigenvalue weighted by Gasteiger charge is -2.35. The van der Waals surface area contributed by atoms with Crippen LogP contribution in [0.15, 0.2) is 56.5 Å². The number of aromatic carboxylic acids is 1. The summed E-state index contributed by atoms with van der Waals surface area (Å²) in [5, 5.41) is 19.2. The standard InChI is InChI=1S/C18H19FN6O3.C17H18FN3O3.CH3N3/c19-14-7-13-15(25(12-1-2-12)9-17(18(13)27)28-11-26)8-16(14)24-5-3-23(4-6-24)10-21-22-20;18-13-7-11-14(8-15(13)20-5-3-19-4-6-20)21(10-1-2-10)9-12(16(11)22)17(23)24;1-3-4-2/h7-9,11-12H,1-6,10H2;7-10,19H,1-6H2,(H,23,24);1H3/i;;1D.